The summed E-state index contributed by atoms with van der Waals surface area (Å²) in [7, 11) is 0. The molecule has 0 unspecified atom stereocenters. The van der Waals surface area contributed by atoms with Crippen molar-refractivity contribution in [2.24, 2.45) is 5.73 Å². The number of esters is 1. The lowest BCUT2D eigenvalue weighted by Gasteiger charge is -2.13. The molecule has 2 atom stereocenters. The standard InChI is InChI=1S/C8H14N2O2S2/c9-5(4-13)7(11)12-8(14)6-2-1-3-10-6/h5-6,10,13H,1-4,9H2/t5-,6-/m0/s1. The first-order valence-electron chi connectivity index (χ1n) is 4.50. The Labute approximate surface area is 94.0 Å². The smallest absolute Gasteiger partial charge is 0.329 e. The Morgan fingerprint density at radius 1 is 1.79 bits per heavy atom. The van der Waals surface area contributed by atoms with Crippen LogP contribution < -0.4 is 11.1 Å². The molecule has 0 bridgehead atoms. The highest BCUT2D eigenvalue weighted by Gasteiger charge is 2.23. The van der Waals surface area contributed by atoms with Gasteiger partial charge in [-0.05, 0) is 31.6 Å². The predicted molar refractivity (Wildman–Crippen MR) is 61.5 cm³/mol. The quantitative estimate of drug-likeness (QED) is 0.360. The van der Waals surface area contributed by atoms with Crippen molar-refractivity contribution in [3.63, 3.8) is 0 Å². The van der Waals surface area contributed by atoms with Gasteiger partial charge in [-0.3, -0.25) is 0 Å². The third kappa shape index (κ3) is 3.20. The molecule has 0 aromatic rings. The summed E-state index contributed by atoms with van der Waals surface area (Å²) < 4.78 is 4.94. The lowest BCUT2D eigenvalue weighted by molar-refractivity contribution is -0.136. The van der Waals surface area contributed by atoms with Crippen LogP contribution in [0.15, 0.2) is 0 Å². The monoisotopic (exact) mass is 234 g/mol. The Bertz CT molecular complexity index is 229. The molecule has 1 aliphatic rings. The zero-order valence-electron chi connectivity index (χ0n) is 7.73. The third-order valence-corrected chi connectivity index (χ3v) is 2.81. The highest BCUT2D eigenvalue weighted by atomic mass is 32.1. The number of ether oxygens (including phenoxy) is 1. The maximum absolute atomic E-state index is 11.2. The normalized spacial score (nSPS) is 23.1. The summed E-state index contributed by atoms with van der Waals surface area (Å²) in [6, 6.07) is -0.682. The van der Waals surface area contributed by atoms with Crippen LogP contribution in [-0.2, 0) is 9.53 Å². The van der Waals surface area contributed by atoms with Crippen molar-refractivity contribution in [1.29, 1.82) is 0 Å². The fourth-order valence-corrected chi connectivity index (χ4v) is 1.64. The second-order valence-corrected chi connectivity index (χ2v) is 3.95. The molecular formula is C8H14N2O2S2. The summed E-state index contributed by atoms with van der Waals surface area (Å²) in [4.78, 5) is 11.2. The Morgan fingerprint density at radius 2 is 2.50 bits per heavy atom. The number of thiol groups is 1. The summed E-state index contributed by atoms with van der Waals surface area (Å²) in [5.74, 6) is -0.238. The van der Waals surface area contributed by atoms with Crippen LogP contribution in [0.4, 0.5) is 0 Å². The van der Waals surface area contributed by atoms with Gasteiger partial charge in [0.15, 0.2) is 5.05 Å². The molecule has 3 N–H and O–H groups in total. The number of carbonyl (C=O) groups is 1. The molecule has 0 aromatic carbocycles. The van der Waals surface area contributed by atoms with Crippen LogP contribution in [-0.4, -0.2) is 35.4 Å². The lowest BCUT2D eigenvalue weighted by Crippen LogP contribution is -2.39. The van der Waals surface area contributed by atoms with Crippen molar-refractivity contribution in [2.45, 2.75) is 24.9 Å². The first-order chi connectivity index (χ1) is 6.65. The largest absolute Gasteiger partial charge is 0.416 e. The minimum absolute atomic E-state index is 0.0149. The van der Waals surface area contributed by atoms with Crippen LogP contribution in [0.2, 0.25) is 0 Å². The zero-order chi connectivity index (χ0) is 10.6. The van der Waals surface area contributed by atoms with E-state index in [9.17, 15) is 4.79 Å². The number of thiocarbonyl (C=S) groups is 1. The summed E-state index contributed by atoms with van der Waals surface area (Å²) >= 11 is 8.87. The minimum atomic E-state index is -0.697. The molecule has 0 aliphatic carbocycles. The van der Waals surface area contributed by atoms with Gasteiger partial charge in [-0.2, -0.15) is 12.6 Å². The Hall–Kier alpha value is -0.170. The second-order valence-electron chi connectivity index (χ2n) is 3.18. The van der Waals surface area contributed by atoms with Crippen molar-refractivity contribution in [2.75, 3.05) is 12.3 Å². The minimum Gasteiger partial charge on any atom is -0.416 e. The molecule has 0 radical (unpaired) electrons. The van der Waals surface area contributed by atoms with Crippen LogP contribution >= 0.6 is 24.8 Å². The highest BCUT2D eigenvalue weighted by Crippen LogP contribution is 2.08. The average Bonchev–Trinajstić information content (AvgIpc) is 2.69. The van der Waals surface area contributed by atoms with Gasteiger partial charge in [0.2, 0.25) is 0 Å². The maximum Gasteiger partial charge on any atom is 0.329 e. The molecule has 1 rings (SSSR count). The topological polar surface area (TPSA) is 64.4 Å². The average molecular weight is 234 g/mol. The molecule has 1 saturated heterocycles. The fraction of sp³-hybridized carbons (Fsp3) is 0.750. The van der Waals surface area contributed by atoms with E-state index < -0.39 is 12.0 Å². The van der Waals surface area contributed by atoms with Gasteiger partial charge in [0.25, 0.3) is 0 Å². The molecule has 4 nitrogen and oxygen atoms in total. The molecule has 1 aliphatic heterocycles. The molecule has 6 heteroatoms. The molecule has 0 aromatic heterocycles. The summed E-state index contributed by atoms with van der Waals surface area (Å²) in [5, 5.41) is 3.44. The van der Waals surface area contributed by atoms with Crippen molar-refractivity contribution in [3.8, 4) is 0 Å². The van der Waals surface area contributed by atoms with E-state index in [1.54, 1.807) is 0 Å². The van der Waals surface area contributed by atoms with Crippen molar-refractivity contribution in [1.82, 2.24) is 5.32 Å². The van der Waals surface area contributed by atoms with E-state index in [2.05, 4.69) is 17.9 Å². The molecular weight excluding hydrogens is 220 g/mol. The van der Waals surface area contributed by atoms with Gasteiger partial charge in [-0.1, -0.05) is 0 Å². The number of hydrogen-bond acceptors (Lipinski definition) is 6. The molecule has 0 amide bonds. The van der Waals surface area contributed by atoms with Crippen LogP contribution in [0, 0.1) is 0 Å². The van der Waals surface area contributed by atoms with E-state index in [0.717, 1.165) is 19.4 Å². The zero-order valence-corrected chi connectivity index (χ0v) is 9.44. The van der Waals surface area contributed by atoms with E-state index in [-0.39, 0.29) is 11.8 Å². The Kier molecular flexibility index (Phi) is 4.80. The number of nitrogens with two attached hydrogens (primary N) is 1. The molecule has 1 heterocycles. The molecule has 0 spiro atoms. The maximum atomic E-state index is 11.2. The van der Waals surface area contributed by atoms with Crippen LogP contribution in [0.5, 0.6) is 0 Å². The van der Waals surface area contributed by atoms with E-state index >= 15 is 0 Å². The van der Waals surface area contributed by atoms with Gasteiger partial charge < -0.3 is 15.8 Å². The van der Waals surface area contributed by atoms with Gasteiger partial charge >= 0.3 is 5.97 Å². The van der Waals surface area contributed by atoms with E-state index in [0.29, 0.717) is 5.05 Å². The van der Waals surface area contributed by atoms with Gasteiger partial charge in [0.05, 0.1) is 6.04 Å². The SMILES string of the molecule is N[C@@H](CS)C(=O)OC(=S)[C@@H]1CCCN1. The van der Waals surface area contributed by atoms with Crippen molar-refractivity contribution >= 4 is 35.9 Å². The summed E-state index contributed by atoms with van der Waals surface area (Å²) in [5.41, 5.74) is 5.43. The fourth-order valence-electron chi connectivity index (χ4n) is 1.21. The lowest BCUT2D eigenvalue weighted by atomic mass is 10.2. The number of rotatable bonds is 3. The highest BCUT2D eigenvalue weighted by molar-refractivity contribution is 7.80. The van der Waals surface area contributed by atoms with Crippen molar-refractivity contribution < 1.29 is 9.53 Å². The van der Waals surface area contributed by atoms with Gasteiger partial charge in [-0.15, -0.1) is 0 Å². The number of nitrogens with one attached hydrogen (secondary N) is 1. The first-order valence-corrected chi connectivity index (χ1v) is 5.54. The predicted octanol–water partition coefficient (Wildman–Crippen LogP) is -0.134. The molecule has 1 fully saturated rings. The van der Waals surface area contributed by atoms with Crippen LogP contribution in [0.25, 0.3) is 0 Å². The molecule has 14 heavy (non-hydrogen) atoms. The molecule has 80 valence electrons. The molecule has 0 saturated carbocycles. The number of hydrogen-bond donors (Lipinski definition) is 3. The van der Waals surface area contributed by atoms with E-state index in [1.807, 2.05) is 0 Å². The summed E-state index contributed by atoms with van der Waals surface area (Å²) in [6.07, 6.45) is 1.98. The van der Waals surface area contributed by atoms with Crippen molar-refractivity contribution in [3.05, 3.63) is 0 Å². The van der Waals surface area contributed by atoms with Gasteiger partial charge in [0.1, 0.15) is 6.04 Å². The first kappa shape index (κ1) is 11.9. The third-order valence-electron chi connectivity index (χ3n) is 2.05. The van der Waals surface area contributed by atoms with Crippen LogP contribution in [0.3, 0.4) is 0 Å². The second kappa shape index (κ2) is 5.65. The summed E-state index contributed by atoms with van der Waals surface area (Å²) in [6.45, 7) is 0.918. The van der Waals surface area contributed by atoms with E-state index in [4.69, 9.17) is 22.7 Å². The number of carbonyl (C=O) groups excluding carboxylic acids is 1. The van der Waals surface area contributed by atoms with Gasteiger partial charge in [-0.25, -0.2) is 4.79 Å². The van der Waals surface area contributed by atoms with Gasteiger partial charge in [0, 0.05) is 5.75 Å². The Morgan fingerprint density at radius 3 is 3.00 bits per heavy atom. The Balaban J connectivity index is 2.35. The van der Waals surface area contributed by atoms with E-state index in [1.165, 1.54) is 0 Å². The van der Waals surface area contributed by atoms with Crippen LogP contribution in [0.1, 0.15) is 12.8 Å².